The zero-order chi connectivity index (χ0) is 15.3. The second-order valence-corrected chi connectivity index (χ2v) is 6.31. The van der Waals surface area contributed by atoms with Gasteiger partial charge in [-0.25, -0.2) is 8.42 Å². The van der Waals surface area contributed by atoms with Crippen molar-refractivity contribution in [1.82, 2.24) is 4.72 Å². The van der Waals surface area contributed by atoms with Crippen molar-refractivity contribution in [2.75, 3.05) is 13.7 Å². The molecule has 6 nitrogen and oxygen atoms in total. The summed E-state index contributed by atoms with van der Waals surface area (Å²) in [5.74, 6) is -1.30. The van der Waals surface area contributed by atoms with Crippen LogP contribution in [0, 0.1) is 0 Å². The smallest absolute Gasteiger partial charge is 0.321 e. The Bertz CT molecular complexity index is 590. The van der Waals surface area contributed by atoms with Crippen molar-refractivity contribution >= 4 is 39.2 Å². The maximum atomic E-state index is 12.1. The summed E-state index contributed by atoms with van der Waals surface area (Å²) in [6.45, 7) is 0.1000. The van der Waals surface area contributed by atoms with Crippen molar-refractivity contribution in [3.63, 3.8) is 0 Å². The summed E-state index contributed by atoms with van der Waals surface area (Å²) in [6.07, 6.45) is -0.0107. The minimum Gasteiger partial charge on any atom is -0.480 e. The molecule has 0 spiro atoms. The molecule has 0 aromatic heterocycles. The van der Waals surface area contributed by atoms with Crippen molar-refractivity contribution in [3.8, 4) is 0 Å². The molecule has 0 saturated carbocycles. The molecule has 1 atom stereocenters. The van der Waals surface area contributed by atoms with Gasteiger partial charge in [-0.3, -0.25) is 4.79 Å². The predicted octanol–water partition coefficient (Wildman–Crippen LogP) is 1.76. The van der Waals surface area contributed by atoms with Gasteiger partial charge in [0.2, 0.25) is 10.0 Å². The molecule has 0 amide bonds. The van der Waals surface area contributed by atoms with Crippen LogP contribution >= 0.6 is 23.2 Å². The highest BCUT2D eigenvalue weighted by atomic mass is 35.5. The van der Waals surface area contributed by atoms with Gasteiger partial charge in [0.15, 0.2) is 0 Å². The third-order valence-corrected chi connectivity index (χ3v) is 4.86. The van der Waals surface area contributed by atoms with Crippen LogP contribution in [0.4, 0.5) is 0 Å². The van der Waals surface area contributed by atoms with E-state index in [-0.39, 0.29) is 28.0 Å². The normalized spacial score (nSPS) is 13.2. The van der Waals surface area contributed by atoms with Crippen LogP contribution in [0.15, 0.2) is 23.1 Å². The second kappa shape index (κ2) is 7.24. The summed E-state index contributed by atoms with van der Waals surface area (Å²) in [6, 6.07) is 2.78. The van der Waals surface area contributed by atoms with E-state index in [0.29, 0.717) is 0 Å². The number of hydrogen-bond acceptors (Lipinski definition) is 4. The fourth-order valence-corrected chi connectivity index (χ4v) is 3.40. The lowest BCUT2D eigenvalue weighted by atomic mass is 10.2. The number of rotatable bonds is 7. The van der Waals surface area contributed by atoms with Crippen molar-refractivity contribution in [2.45, 2.75) is 17.4 Å². The van der Waals surface area contributed by atoms with Gasteiger partial charge < -0.3 is 9.84 Å². The molecular weight excluding hydrogens is 329 g/mol. The molecule has 1 aromatic rings. The number of nitrogens with one attached hydrogen (secondary N) is 1. The monoisotopic (exact) mass is 341 g/mol. The standard InChI is InChI=1S/C11H13Cl2NO5S/c1-19-6-5-8(11(15)16)14-20(17,18)9-4-2-3-7(12)10(9)13/h2-4,8,14H,5-6H2,1H3,(H,15,16). The molecule has 9 heteroatoms. The lowest BCUT2D eigenvalue weighted by Crippen LogP contribution is -2.41. The number of halogens is 2. The fourth-order valence-electron chi connectivity index (χ4n) is 1.41. The molecule has 1 unspecified atom stereocenters. The van der Waals surface area contributed by atoms with Gasteiger partial charge in [-0.15, -0.1) is 0 Å². The highest BCUT2D eigenvalue weighted by Gasteiger charge is 2.27. The lowest BCUT2D eigenvalue weighted by Gasteiger charge is -2.15. The Balaban J connectivity index is 3.04. The molecule has 112 valence electrons. The number of aliphatic carboxylic acids is 1. The van der Waals surface area contributed by atoms with E-state index in [4.69, 9.17) is 33.0 Å². The lowest BCUT2D eigenvalue weighted by molar-refractivity contribution is -0.139. The number of carboxylic acids is 1. The van der Waals surface area contributed by atoms with E-state index in [2.05, 4.69) is 4.72 Å². The molecule has 1 rings (SSSR count). The summed E-state index contributed by atoms with van der Waals surface area (Å²) < 4.78 is 31.1. The van der Waals surface area contributed by atoms with Crippen LogP contribution in [0.3, 0.4) is 0 Å². The molecule has 0 aliphatic rings. The van der Waals surface area contributed by atoms with E-state index in [1.165, 1.54) is 25.3 Å². The van der Waals surface area contributed by atoms with Crippen molar-refractivity contribution in [1.29, 1.82) is 0 Å². The number of carboxylic acid groups (broad SMARTS) is 1. The first kappa shape index (κ1) is 17.2. The zero-order valence-corrected chi connectivity index (χ0v) is 12.8. The summed E-state index contributed by atoms with van der Waals surface area (Å²) >= 11 is 11.6. The van der Waals surface area contributed by atoms with Gasteiger partial charge in [0.1, 0.15) is 10.9 Å². The first-order valence-corrected chi connectivity index (χ1v) is 7.71. The van der Waals surface area contributed by atoms with Gasteiger partial charge >= 0.3 is 5.97 Å². The Kier molecular flexibility index (Phi) is 6.22. The molecule has 0 aliphatic carbocycles. The molecule has 1 aromatic carbocycles. The van der Waals surface area contributed by atoms with Crippen LogP contribution in [-0.4, -0.2) is 39.3 Å². The molecule has 0 heterocycles. The van der Waals surface area contributed by atoms with Crippen LogP contribution in [0.25, 0.3) is 0 Å². The number of carbonyl (C=O) groups is 1. The Hall–Kier alpha value is -0.860. The molecule has 0 radical (unpaired) electrons. The molecule has 2 N–H and O–H groups in total. The fraction of sp³-hybridized carbons (Fsp3) is 0.364. The molecule has 0 fully saturated rings. The largest absolute Gasteiger partial charge is 0.480 e. The minimum atomic E-state index is -4.09. The third kappa shape index (κ3) is 4.32. The van der Waals surface area contributed by atoms with Crippen LogP contribution in [0.1, 0.15) is 6.42 Å². The van der Waals surface area contributed by atoms with Crippen LogP contribution < -0.4 is 4.72 Å². The van der Waals surface area contributed by atoms with Gasteiger partial charge in [-0.1, -0.05) is 29.3 Å². The number of hydrogen-bond donors (Lipinski definition) is 2. The van der Waals surface area contributed by atoms with Crippen molar-refractivity contribution < 1.29 is 23.1 Å². The highest BCUT2D eigenvalue weighted by molar-refractivity contribution is 7.89. The summed E-state index contributed by atoms with van der Waals surface area (Å²) in [5, 5.41) is 8.91. The number of benzene rings is 1. The Morgan fingerprint density at radius 2 is 2.10 bits per heavy atom. The second-order valence-electron chi connectivity index (χ2n) is 3.85. The van der Waals surface area contributed by atoms with Gasteiger partial charge in [-0.2, -0.15) is 4.72 Å². The van der Waals surface area contributed by atoms with E-state index in [1.54, 1.807) is 0 Å². The van der Waals surface area contributed by atoms with Gasteiger partial charge in [0.25, 0.3) is 0 Å². The zero-order valence-electron chi connectivity index (χ0n) is 10.5. The Morgan fingerprint density at radius 1 is 1.45 bits per heavy atom. The predicted molar refractivity (Wildman–Crippen MR) is 74.7 cm³/mol. The summed E-state index contributed by atoms with van der Waals surface area (Å²) in [4.78, 5) is 10.8. The maximum Gasteiger partial charge on any atom is 0.321 e. The summed E-state index contributed by atoms with van der Waals surface area (Å²) in [7, 11) is -2.70. The van der Waals surface area contributed by atoms with Gasteiger partial charge in [-0.05, 0) is 18.6 Å². The van der Waals surface area contributed by atoms with E-state index in [1.807, 2.05) is 0 Å². The van der Waals surface area contributed by atoms with Gasteiger partial charge in [0, 0.05) is 13.7 Å². The molecule has 0 saturated heterocycles. The van der Waals surface area contributed by atoms with Crippen molar-refractivity contribution in [2.24, 2.45) is 0 Å². The SMILES string of the molecule is COCCC(NS(=O)(=O)c1cccc(Cl)c1Cl)C(=O)O. The number of ether oxygens (including phenoxy) is 1. The quantitative estimate of drug-likeness (QED) is 0.788. The molecule has 0 bridgehead atoms. The topological polar surface area (TPSA) is 92.7 Å². The Labute approximate surface area is 126 Å². The first-order valence-electron chi connectivity index (χ1n) is 5.47. The van der Waals surface area contributed by atoms with Crippen molar-refractivity contribution in [3.05, 3.63) is 28.2 Å². The van der Waals surface area contributed by atoms with Crippen LogP contribution in [0.2, 0.25) is 10.0 Å². The minimum absolute atomic E-state index is 0.0107. The van der Waals surface area contributed by atoms with E-state index in [9.17, 15) is 13.2 Å². The summed E-state index contributed by atoms with van der Waals surface area (Å²) in [5.41, 5.74) is 0. The molecule has 20 heavy (non-hydrogen) atoms. The average Bonchev–Trinajstić information content (AvgIpc) is 2.37. The molecular formula is C11H13Cl2NO5S. The number of sulfonamides is 1. The van der Waals surface area contributed by atoms with Crippen LogP contribution in [-0.2, 0) is 19.6 Å². The number of methoxy groups -OCH3 is 1. The van der Waals surface area contributed by atoms with Crippen LogP contribution in [0.5, 0.6) is 0 Å². The van der Waals surface area contributed by atoms with E-state index >= 15 is 0 Å². The van der Waals surface area contributed by atoms with E-state index < -0.39 is 22.0 Å². The Morgan fingerprint density at radius 3 is 2.65 bits per heavy atom. The molecule has 0 aliphatic heterocycles. The average molecular weight is 342 g/mol. The first-order chi connectivity index (χ1) is 9.29. The van der Waals surface area contributed by atoms with E-state index in [0.717, 1.165) is 0 Å². The van der Waals surface area contributed by atoms with Gasteiger partial charge in [0.05, 0.1) is 10.0 Å². The third-order valence-electron chi connectivity index (χ3n) is 2.41. The maximum absolute atomic E-state index is 12.1. The highest BCUT2D eigenvalue weighted by Crippen LogP contribution is 2.28.